The minimum absolute atomic E-state index is 0.304. The third-order valence-electron chi connectivity index (χ3n) is 3.66. The fourth-order valence-electron chi connectivity index (χ4n) is 2.30. The number of rotatable bonds is 9. The molecule has 0 spiro atoms. The normalized spacial score (nSPS) is 10.8. The summed E-state index contributed by atoms with van der Waals surface area (Å²) in [4.78, 5) is 0. The maximum atomic E-state index is 6.12. The van der Waals surface area contributed by atoms with Crippen molar-refractivity contribution >= 4 is 9.47 Å². The predicted octanol–water partition coefficient (Wildman–Crippen LogP) is 5.06. The SMILES string of the molecule is Cc1ccccc1OC(CCCCOP)Oc1ccccc1C. The van der Waals surface area contributed by atoms with Crippen LogP contribution in [0.5, 0.6) is 11.5 Å². The van der Waals surface area contributed by atoms with Crippen molar-refractivity contribution in [2.75, 3.05) is 6.61 Å². The van der Waals surface area contributed by atoms with Crippen molar-refractivity contribution in [3.05, 3.63) is 59.7 Å². The van der Waals surface area contributed by atoms with Gasteiger partial charge in [-0.1, -0.05) is 36.4 Å². The van der Waals surface area contributed by atoms with E-state index in [0.717, 1.165) is 48.5 Å². The molecule has 3 nitrogen and oxygen atoms in total. The van der Waals surface area contributed by atoms with Crippen LogP contribution in [-0.4, -0.2) is 12.9 Å². The van der Waals surface area contributed by atoms with Crippen molar-refractivity contribution in [1.82, 2.24) is 0 Å². The molecule has 0 aliphatic rings. The molecule has 2 aromatic rings. The Balaban J connectivity index is 2.05. The van der Waals surface area contributed by atoms with Gasteiger partial charge in [0.25, 0.3) is 0 Å². The lowest BCUT2D eigenvalue weighted by Gasteiger charge is -2.22. The Labute approximate surface area is 141 Å². The van der Waals surface area contributed by atoms with E-state index in [1.54, 1.807) is 0 Å². The quantitative estimate of drug-likeness (QED) is 0.365. The van der Waals surface area contributed by atoms with Gasteiger partial charge in [-0.05, 0) is 49.9 Å². The fourth-order valence-corrected chi connectivity index (χ4v) is 2.47. The molecule has 0 aromatic heterocycles. The second kappa shape index (κ2) is 9.54. The van der Waals surface area contributed by atoms with Crippen LogP contribution in [-0.2, 0) is 4.52 Å². The van der Waals surface area contributed by atoms with Crippen molar-refractivity contribution in [2.24, 2.45) is 0 Å². The summed E-state index contributed by atoms with van der Waals surface area (Å²) in [6.45, 7) is 4.82. The van der Waals surface area contributed by atoms with Crippen molar-refractivity contribution in [3.63, 3.8) is 0 Å². The van der Waals surface area contributed by atoms with Crippen LogP contribution in [0.3, 0.4) is 0 Å². The Kier molecular flexibility index (Phi) is 7.38. The molecule has 0 N–H and O–H groups in total. The molecule has 2 aromatic carbocycles. The Morgan fingerprint density at radius 1 is 0.826 bits per heavy atom. The average molecular weight is 332 g/mol. The molecule has 1 unspecified atom stereocenters. The van der Waals surface area contributed by atoms with Crippen LogP contribution in [0.2, 0.25) is 0 Å². The third kappa shape index (κ3) is 5.85. The van der Waals surface area contributed by atoms with Gasteiger partial charge in [-0.25, -0.2) is 0 Å². The van der Waals surface area contributed by atoms with Gasteiger partial charge in [0.05, 0.1) is 6.61 Å². The highest BCUT2D eigenvalue weighted by Crippen LogP contribution is 2.24. The van der Waals surface area contributed by atoms with Gasteiger partial charge in [0.15, 0.2) is 0 Å². The summed E-state index contributed by atoms with van der Waals surface area (Å²) in [7, 11) is 2.28. The molecular weight excluding hydrogens is 307 g/mol. The van der Waals surface area contributed by atoms with Crippen molar-refractivity contribution in [1.29, 1.82) is 0 Å². The molecule has 0 saturated heterocycles. The lowest BCUT2D eigenvalue weighted by Crippen LogP contribution is -2.24. The van der Waals surface area contributed by atoms with Crippen LogP contribution in [0.25, 0.3) is 0 Å². The zero-order chi connectivity index (χ0) is 16.5. The topological polar surface area (TPSA) is 27.7 Å². The summed E-state index contributed by atoms with van der Waals surface area (Å²) < 4.78 is 17.3. The van der Waals surface area contributed by atoms with Crippen LogP contribution >= 0.6 is 9.47 Å². The van der Waals surface area contributed by atoms with E-state index in [1.807, 2.05) is 62.4 Å². The Morgan fingerprint density at radius 3 is 1.83 bits per heavy atom. The standard InChI is InChI=1S/C19H25O3P/c1-15-9-3-5-11-17(15)21-19(13-7-8-14-20-23)22-18-12-6-4-10-16(18)2/h3-6,9-12,19H,7-8,13-14,23H2,1-2H3. The highest BCUT2D eigenvalue weighted by Gasteiger charge is 2.14. The van der Waals surface area contributed by atoms with E-state index in [1.165, 1.54) is 0 Å². The molecule has 0 bridgehead atoms. The molecule has 4 heteroatoms. The lowest BCUT2D eigenvalue weighted by molar-refractivity contribution is -0.00377. The fraction of sp³-hybridized carbons (Fsp3) is 0.368. The molecule has 0 radical (unpaired) electrons. The van der Waals surface area contributed by atoms with Gasteiger partial charge in [-0.2, -0.15) is 0 Å². The van der Waals surface area contributed by atoms with Gasteiger partial charge in [0, 0.05) is 15.9 Å². The minimum atomic E-state index is -0.304. The van der Waals surface area contributed by atoms with Gasteiger partial charge in [-0.3, -0.25) is 0 Å². The first kappa shape index (κ1) is 17.8. The first-order chi connectivity index (χ1) is 11.2. The van der Waals surface area contributed by atoms with E-state index in [-0.39, 0.29) is 6.29 Å². The summed E-state index contributed by atoms with van der Waals surface area (Å²) in [6, 6.07) is 16.0. The van der Waals surface area contributed by atoms with E-state index in [2.05, 4.69) is 9.47 Å². The summed E-state index contributed by atoms with van der Waals surface area (Å²) in [6.07, 6.45) is 2.48. The summed E-state index contributed by atoms with van der Waals surface area (Å²) >= 11 is 0. The highest BCUT2D eigenvalue weighted by atomic mass is 31.0. The van der Waals surface area contributed by atoms with E-state index in [4.69, 9.17) is 14.0 Å². The lowest BCUT2D eigenvalue weighted by atomic mass is 10.2. The van der Waals surface area contributed by atoms with Crippen LogP contribution in [0.15, 0.2) is 48.5 Å². The van der Waals surface area contributed by atoms with Crippen molar-refractivity contribution in [3.8, 4) is 11.5 Å². The molecule has 0 saturated carbocycles. The number of benzene rings is 2. The second-order valence-corrected chi connectivity index (χ2v) is 5.90. The Bertz CT molecular complexity index is 553. The maximum absolute atomic E-state index is 6.12. The third-order valence-corrected chi connectivity index (χ3v) is 3.89. The van der Waals surface area contributed by atoms with Gasteiger partial charge < -0.3 is 14.0 Å². The summed E-state index contributed by atoms with van der Waals surface area (Å²) in [5, 5.41) is 0. The molecule has 124 valence electrons. The zero-order valence-corrected chi connectivity index (χ0v) is 15.0. The zero-order valence-electron chi connectivity index (χ0n) is 13.8. The molecule has 23 heavy (non-hydrogen) atoms. The maximum Gasteiger partial charge on any atom is 0.241 e. The number of unbranched alkanes of at least 4 members (excludes halogenated alkanes) is 1. The monoisotopic (exact) mass is 332 g/mol. The molecular formula is C19H25O3P. The van der Waals surface area contributed by atoms with Crippen LogP contribution in [0.1, 0.15) is 30.4 Å². The summed E-state index contributed by atoms with van der Waals surface area (Å²) in [5.74, 6) is 1.74. The van der Waals surface area contributed by atoms with E-state index in [0.29, 0.717) is 0 Å². The first-order valence-corrected chi connectivity index (χ1v) is 8.44. The predicted molar refractivity (Wildman–Crippen MR) is 96.9 cm³/mol. The average Bonchev–Trinajstić information content (AvgIpc) is 2.55. The van der Waals surface area contributed by atoms with Gasteiger partial charge in [0.1, 0.15) is 11.5 Å². The van der Waals surface area contributed by atoms with Gasteiger partial charge in [-0.15, -0.1) is 0 Å². The Hall–Kier alpha value is -1.57. The number of para-hydroxylation sites is 2. The largest absolute Gasteiger partial charge is 0.455 e. The van der Waals surface area contributed by atoms with Crippen molar-refractivity contribution < 1.29 is 14.0 Å². The number of ether oxygens (including phenoxy) is 2. The van der Waals surface area contributed by atoms with Crippen LogP contribution < -0.4 is 9.47 Å². The summed E-state index contributed by atoms with van der Waals surface area (Å²) in [5.41, 5.74) is 2.22. The Morgan fingerprint density at radius 2 is 1.35 bits per heavy atom. The first-order valence-electron chi connectivity index (χ1n) is 7.97. The van der Waals surface area contributed by atoms with E-state index < -0.39 is 0 Å². The number of hydrogen-bond donors (Lipinski definition) is 0. The van der Waals surface area contributed by atoms with E-state index >= 15 is 0 Å². The van der Waals surface area contributed by atoms with Crippen molar-refractivity contribution in [2.45, 2.75) is 39.4 Å². The molecule has 0 heterocycles. The highest BCUT2D eigenvalue weighted by molar-refractivity contribution is 7.09. The molecule has 0 aliphatic carbocycles. The van der Waals surface area contributed by atoms with Gasteiger partial charge in [0.2, 0.25) is 6.29 Å². The molecule has 2 rings (SSSR count). The van der Waals surface area contributed by atoms with Crippen LogP contribution in [0, 0.1) is 13.8 Å². The minimum Gasteiger partial charge on any atom is -0.455 e. The smallest absolute Gasteiger partial charge is 0.241 e. The molecule has 0 fully saturated rings. The molecule has 0 amide bonds. The second-order valence-electron chi connectivity index (χ2n) is 5.56. The number of hydrogen-bond acceptors (Lipinski definition) is 3. The van der Waals surface area contributed by atoms with Crippen LogP contribution in [0.4, 0.5) is 0 Å². The van der Waals surface area contributed by atoms with E-state index in [9.17, 15) is 0 Å². The van der Waals surface area contributed by atoms with Gasteiger partial charge >= 0.3 is 0 Å². The molecule has 1 atom stereocenters. The number of aryl methyl sites for hydroxylation is 2. The molecule has 0 aliphatic heterocycles.